The van der Waals surface area contributed by atoms with Crippen molar-refractivity contribution in [1.82, 2.24) is 0 Å². The molecule has 1 aliphatic heterocycles. The molecule has 0 aromatic rings. The number of carbonyl (C=O) groups is 1. The quantitative estimate of drug-likeness (QED) is 0.552. The molecule has 2 rings (SSSR count). The first kappa shape index (κ1) is 18.3. The molecule has 1 saturated heterocycles. The molecule has 22 heavy (non-hydrogen) atoms. The maximum atomic E-state index is 12.9. The Balaban J connectivity index is 2.37. The van der Waals surface area contributed by atoms with E-state index in [1.807, 2.05) is 0 Å². The van der Waals surface area contributed by atoms with Gasteiger partial charge in [0, 0.05) is 0 Å². The molecule has 2 N–H and O–H groups in total. The van der Waals surface area contributed by atoms with Gasteiger partial charge in [-0.15, -0.1) is 0 Å². The van der Waals surface area contributed by atoms with Gasteiger partial charge < -0.3 is 0 Å². The second-order valence-corrected chi connectivity index (χ2v) is 21.7. The van der Waals surface area contributed by atoms with Crippen LogP contribution in [0.15, 0.2) is 11.3 Å². The normalized spacial score (nSPS) is 26.1. The maximum absolute atomic E-state index is 12.9. The fourth-order valence-electron chi connectivity index (χ4n) is 3.62. The van der Waals surface area contributed by atoms with Crippen molar-refractivity contribution in [2.24, 2.45) is 11.7 Å². The van der Waals surface area contributed by atoms with Crippen molar-refractivity contribution in [2.45, 2.75) is 66.1 Å². The van der Waals surface area contributed by atoms with Crippen molar-refractivity contribution in [2.75, 3.05) is 13.2 Å². The van der Waals surface area contributed by atoms with Crippen LogP contribution in [0, 0.1) is 5.92 Å². The van der Waals surface area contributed by atoms with Crippen LogP contribution < -0.4 is 5.73 Å². The van der Waals surface area contributed by atoms with E-state index in [9.17, 15) is 4.79 Å². The molecule has 2 fully saturated rings. The van der Waals surface area contributed by atoms with Gasteiger partial charge in [0.1, 0.15) is 0 Å². The first-order valence-corrected chi connectivity index (χ1v) is 18.6. The zero-order chi connectivity index (χ0) is 16.4. The van der Waals surface area contributed by atoms with Crippen molar-refractivity contribution in [3.8, 4) is 0 Å². The van der Waals surface area contributed by atoms with Crippen LogP contribution >= 0.6 is 0 Å². The van der Waals surface area contributed by atoms with Crippen LogP contribution in [0.5, 0.6) is 0 Å². The van der Waals surface area contributed by atoms with Gasteiger partial charge in [-0.1, -0.05) is 0 Å². The van der Waals surface area contributed by atoms with Gasteiger partial charge in [-0.2, -0.15) is 0 Å². The molecule has 2 aliphatic rings. The summed E-state index contributed by atoms with van der Waals surface area (Å²) in [7, 11) is 0. The van der Waals surface area contributed by atoms with Gasteiger partial charge in [-0.25, -0.2) is 0 Å². The molecule has 1 saturated carbocycles. The summed E-state index contributed by atoms with van der Waals surface area (Å²) in [4.78, 5) is 19.4. The molecule has 1 atom stereocenters. The summed E-state index contributed by atoms with van der Waals surface area (Å²) >= 11 is -2.66. The van der Waals surface area contributed by atoms with E-state index in [0.29, 0.717) is 17.0 Å². The minimum atomic E-state index is -2.66. The molecule has 0 aromatic heterocycles. The van der Waals surface area contributed by atoms with Crippen LogP contribution in [0.25, 0.3) is 0 Å². The topological polar surface area (TPSA) is 61.6 Å². The van der Waals surface area contributed by atoms with Gasteiger partial charge in [0.15, 0.2) is 0 Å². The van der Waals surface area contributed by atoms with Gasteiger partial charge in [0.25, 0.3) is 0 Å². The van der Waals surface area contributed by atoms with Crippen LogP contribution in [-0.4, -0.2) is 41.2 Å². The first-order valence-electron chi connectivity index (χ1n) is 8.63. The standard InChI is InChI=1S/C14H22NO3.3CH3.Sn/c1-2-5-11(10-16)13(15)12-6-3-4-7-14(12)17-8-9-18-14;;;;/h12H,2-9,15H2,1H3;3*1H3;/b13-11-;;;;/t12-;;;;/m1..../s1. The number of hydrogen-bond acceptors (Lipinski definition) is 4. The molecular weight excluding hydrogens is 385 g/mol. The van der Waals surface area contributed by atoms with Crippen molar-refractivity contribution in [1.29, 1.82) is 0 Å². The van der Waals surface area contributed by atoms with E-state index in [-0.39, 0.29) is 5.92 Å². The van der Waals surface area contributed by atoms with E-state index < -0.39 is 24.2 Å². The van der Waals surface area contributed by atoms with Gasteiger partial charge in [0.05, 0.1) is 0 Å². The second kappa shape index (κ2) is 7.22. The Labute approximate surface area is 138 Å². The van der Waals surface area contributed by atoms with Gasteiger partial charge >= 0.3 is 139 Å². The van der Waals surface area contributed by atoms with E-state index in [0.717, 1.165) is 49.8 Å². The third kappa shape index (κ3) is 3.70. The molecule has 1 heterocycles. The molecule has 1 spiro atoms. The molecule has 0 unspecified atom stereocenters. The predicted octanol–water partition coefficient (Wildman–Crippen LogP) is 3.38. The summed E-state index contributed by atoms with van der Waals surface area (Å²) in [5.74, 6) is -0.516. The molecule has 0 aromatic carbocycles. The molecular formula is C17H31NO3Sn. The third-order valence-electron chi connectivity index (χ3n) is 4.75. The van der Waals surface area contributed by atoms with E-state index >= 15 is 0 Å². The Morgan fingerprint density at radius 2 is 1.86 bits per heavy atom. The molecule has 5 heteroatoms. The number of ether oxygens (including phenoxy) is 2. The zero-order valence-corrected chi connectivity index (χ0v) is 17.4. The van der Waals surface area contributed by atoms with E-state index in [4.69, 9.17) is 15.2 Å². The number of nitrogens with two attached hydrogens (primary N) is 1. The fourth-order valence-corrected chi connectivity index (χ4v) is 6.98. The van der Waals surface area contributed by atoms with Gasteiger partial charge in [-0.05, 0) is 0 Å². The van der Waals surface area contributed by atoms with Crippen molar-refractivity contribution in [3.63, 3.8) is 0 Å². The monoisotopic (exact) mass is 417 g/mol. The molecule has 126 valence electrons. The SMILES string of the molecule is CCC/C([C](=O)[Sn]([CH3])([CH3])[CH3])=C(/N)[C@H]1CCCCC12OCCO2. The van der Waals surface area contributed by atoms with E-state index in [2.05, 4.69) is 21.7 Å². The number of carbonyl (C=O) groups excluding carboxylic acids is 1. The molecule has 1 aliphatic carbocycles. The third-order valence-corrected chi connectivity index (χ3v) is 9.50. The Hall–Kier alpha value is -0.0713. The fraction of sp³-hybridized carbons (Fsp3) is 0.824. The zero-order valence-electron chi connectivity index (χ0n) is 14.5. The van der Waals surface area contributed by atoms with Gasteiger partial charge in [0.2, 0.25) is 0 Å². The Morgan fingerprint density at radius 1 is 1.23 bits per heavy atom. The van der Waals surface area contributed by atoms with Crippen LogP contribution in [-0.2, 0) is 14.3 Å². The van der Waals surface area contributed by atoms with Crippen molar-refractivity contribution < 1.29 is 14.3 Å². The van der Waals surface area contributed by atoms with Crippen LogP contribution in [0.2, 0.25) is 14.8 Å². The number of allylic oxidation sites excluding steroid dienone is 1. The average molecular weight is 416 g/mol. The summed E-state index contributed by atoms with van der Waals surface area (Å²) in [5, 5.41) is 0. The van der Waals surface area contributed by atoms with E-state index in [1.54, 1.807) is 0 Å². The summed E-state index contributed by atoms with van der Waals surface area (Å²) in [6, 6.07) is 0. The molecule has 0 amide bonds. The Morgan fingerprint density at radius 3 is 2.41 bits per heavy atom. The number of rotatable bonds is 5. The van der Waals surface area contributed by atoms with E-state index in [1.165, 1.54) is 0 Å². The van der Waals surface area contributed by atoms with Crippen molar-refractivity contribution >= 4 is 22.2 Å². The van der Waals surface area contributed by atoms with Crippen LogP contribution in [0.3, 0.4) is 0 Å². The Kier molecular flexibility index (Phi) is 6.00. The van der Waals surface area contributed by atoms with Crippen LogP contribution in [0.1, 0.15) is 45.4 Å². The molecule has 0 bridgehead atoms. The predicted molar refractivity (Wildman–Crippen MR) is 91.1 cm³/mol. The van der Waals surface area contributed by atoms with Gasteiger partial charge in [-0.3, -0.25) is 0 Å². The summed E-state index contributed by atoms with van der Waals surface area (Å²) < 4.78 is 12.3. The molecule has 0 radical (unpaired) electrons. The molecule has 4 nitrogen and oxygen atoms in total. The Bertz CT molecular complexity index is 447. The first-order chi connectivity index (χ1) is 10.3. The second-order valence-electron chi connectivity index (χ2n) is 7.57. The van der Waals surface area contributed by atoms with Crippen LogP contribution in [0.4, 0.5) is 0 Å². The average Bonchev–Trinajstić information content (AvgIpc) is 2.92. The van der Waals surface area contributed by atoms with Crippen molar-refractivity contribution in [3.05, 3.63) is 11.3 Å². The summed E-state index contributed by atoms with van der Waals surface area (Å²) in [5.41, 5.74) is 8.21. The summed E-state index contributed by atoms with van der Waals surface area (Å²) in [6.07, 6.45) is 5.83. The summed E-state index contributed by atoms with van der Waals surface area (Å²) in [6.45, 7) is 3.39. The minimum absolute atomic E-state index is 0.0443. The number of hydrogen-bond donors (Lipinski definition) is 1.